The van der Waals surface area contributed by atoms with Crippen LogP contribution >= 0.6 is 0 Å². The molecule has 3 aromatic rings. The van der Waals surface area contributed by atoms with E-state index >= 15 is 0 Å². The standard InChI is InChI=1S/C23H25N3O4/c1-17-9-11-25(15-19-7-4-12-29-19)22(27)21(17)23(28)26(16-20-8-5-13-30-20)14-18-6-2-3-10-24-18/h2-3,5-6,8-11,13,19H,4,7,12,14-16H2,1H3. The average Bonchev–Trinajstić information content (AvgIpc) is 3.45. The van der Waals surface area contributed by atoms with Crippen LogP contribution in [0.4, 0.5) is 0 Å². The maximum atomic E-state index is 13.5. The fraction of sp³-hybridized carbons (Fsp3) is 0.348. The predicted molar refractivity (Wildman–Crippen MR) is 111 cm³/mol. The molecule has 3 aromatic heterocycles. The van der Waals surface area contributed by atoms with Crippen LogP contribution in [-0.4, -0.2) is 33.1 Å². The van der Waals surface area contributed by atoms with Gasteiger partial charge in [0.05, 0.1) is 37.7 Å². The molecule has 0 saturated carbocycles. The zero-order chi connectivity index (χ0) is 20.9. The highest BCUT2D eigenvalue weighted by molar-refractivity contribution is 5.95. The van der Waals surface area contributed by atoms with Crippen molar-refractivity contribution in [3.05, 3.63) is 88.0 Å². The highest BCUT2D eigenvalue weighted by Gasteiger charge is 2.25. The van der Waals surface area contributed by atoms with E-state index in [0.29, 0.717) is 17.9 Å². The lowest BCUT2D eigenvalue weighted by Gasteiger charge is -2.23. The summed E-state index contributed by atoms with van der Waals surface area (Å²) in [5.41, 5.74) is 1.28. The molecular weight excluding hydrogens is 382 g/mol. The van der Waals surface area contributed by atoms with Crippen molar-refractivity contribution >= 4 is 5.91 Å². The first kappa shape index (κ1) is 20.1. The average molecular weight is 407 g/mol. The number of nitrogens with zero attached hydrogens (tertiary/aromatic N) is 3. The second-order valence-corrected chi connectivity index (χ2v) is 7.53. The van der Waals surface area contributed by atoms with Crippen LogP contribution in [0.15, 0.2) is 64.3 Å². The summed E-state index contributed by atoms with van der Waals surface area (Å²) in [5.74, 6) is 0.314. The van der Waals surface area contributed by atoms with Crippen molar-refractivity contribution in [2.24, 2.45) is 0 Å². The molecule has 0 aliphatic carbocycles. The molecule has 1 aliphatic rings. The summed E-state index contributed by atoms with van der Waals surface area (Å²) in [5, 5.41) is 0. The van der Waals surface area contributed by atoms with E-state index in [1.54, 1.807) is 41.1 Å². The van der Waals surface area contributed by atoms with Crippen molar-refractivity contribution in [1.82, 2.24) is 14.5 Å². The lowest BCUT2D eigenvalue weighted by atomic mass is 10.1. The van der Waals surface area contributed by atoms with Gasteiger partial charge in [-0.05, 0) is 55.7 Å². The third kappa shape index (κ3) is 4.52. The van der Waals surface area contributed by atoms with Crippen LogP contribution in [0.1, 0.15) is 40.2 Å². The second-order valence-electron chi connectivity index (χ2n) is 7.53. The van der Waals surface area contributed by atoms with Gasteiger partial charge >= 0.3 is 0 Å². The van der Waals surface area contributed by atoms with Crippen molar-refractivity contribution in [2.75, 3.05) is 6.61 Å². The molecule has 0 N–H and O–H groups in total. The summed E-state index contributed by atoms with van der Waals surface area (Å²) in [4.78, 5) is 32.6. The van der Waals surface area contributed by atoms with Crippen LogP contribution in [0, 0.1) is 6.92 Å². The molecule has 0 spiro atoms. The predicted octanol–water partition coefficient (Wildman–Crippen LogP) is 3.17. The summed E-state index contributed by atoms with van der Waals surface area (Å²) in [6, 6.07) is 11.0. The first-order valence-corrected chi connectivity index (χ1v) is 10.1. The number of pyridine rings is 2. The number of aromatic nitrogens is 2. The quantitative estimate of drug-likeness (QED) is 0.601. The molecule has 7 heteroatoms. The van der Waals surface area contributed by atoms with Gasteiger partial charge in [-0.15, -0.1) is 0 Å². The van der Waals surface area contributed by atoms with Gasteiger partial charge in [-0.25, -0.2) is 0 Å². The fourth-order valence-electron chi connectivity index (χ4n) is 3.71. The van der Waals surface area contributed by atoms with Crippen LogP contribution in [0.25, 0.3) is 0 Å². The van der Waals surface area contributed by atoms with Crippen LogP contribution in [0.3, 0.4) is 0 Å². The normalized spacial score (nSPS) is 16.0. The Morgan fingerprint density at radius 3 is 2.83 bits per heavy atom. The molecule has 0 aromatic carbocycles. The highest BCUT2D eigenvalue weighted by Crippen LogP contribution is 2.16. The lowest BCUT2D eigenvalue weighted by molar-refractivity contribution is 0.0709. The second kappa shape index (κ2) is 9.09. The first-order valence-electron chi connectivity index (χ1n) is 10.1. The van der Waals surface area contributed by atoms with E-state index in [1.165, 1.54) is 0 Å². The number of furan rings is 1. The van der Waals surface area contributed by atoms with Crippen molar-refractivity contribution in [3.63, 3.8) is 0 Å². The van der Waals surface area contributed by atoms with Crippen LogP contribution in [0.5, 0.6) is 0 Å². The minimum atomic E-state index is -0.332. The Kier molecular flexibility index (Phi) is 6.09. The van der Waals surface area contributed by atoms with E-state index in [9.17, 15) is 9.59 Å². The summed E-state index contributed by atoms with van der Waals surface area (Å²) in [6.07, 6.45) is 6.94. The number of ether oxygens (including phenoxy) is 1. The molecule has 1 fully saturated rings. The van der Waals surface area contributed by atoms with Crippen molar-refractivity contribution < 1.29 is 13.9 Å². The molecule has 4 heterocycles. The van der Waals surface area contributed by atoms with Gasteiger partial charge in [0, 0.05) is 19.0 Å². The SMILES string of the molecule is Cc1ccn(CC2CCCO2)c(=O)c1C(=O)N(Cc1ccccn1)Cc1ccco1. The molecular formula is C23H25N3O4. The Hall–Kier alpha value is -3.19. The minimum Gasteiger partial charge on any atom is -0.467 e. The van der Waals surface area contributed by atoms with E-state index in [2.05, 4.69) is 4.98 Å². The number of rotatable bonds is 7. The largest absolute Gasteiger partial charge is 0.467 e. The van der Waals surface area contributed by atoms with Gasteiger partial charge in [0.15, 0.2) is 0 Å². The molecule has 0 bridgehead atoms. The summed E-state index contributed by atoms with van der Waals surface area (Å²) in [6.45, 7) is 3.49. The van der Waals surface area contributed by atoms with Gasteiger partial charge in [0.1, 0.15) is 11.3 Å². The Bertz CT molecular complexity index is 1040. The van der Waals surface area contributed by atoms with E-state index in [1.807, 2.05) is 30.3 Å². The molecule has 7 nitrogen and oxygen atoms in total. The number of carbonyl (C=O) groups excluding carboxylic acids is 1. The number of amides is 1. The van der Waals surface area contributed by atoms with Gasteiger partial charge in [-0.3, -0.25) is 14.6 Å². The van der Waals surface area contributed by atoms with Crippen molar-refractivity contribution in [2.45, 2.75) is 45.5 Å². The molecule has 1 atom stereocenters. The van der Waals surface area contributed by atoms with Crippen LogP contribution in [0.2, 0.25) is 0 Å². The van der Waals surface area contributed by atoms with Gasteiger partial charge < -0.3 is 18.6 Å². The molecule has 4 rings (SSSR count). The topological polar surface area (TPSA) is 77.6 Å². The van der Waals surface area contributed by atoms with E-state index < -0.39 is 0 Å². The Morgan fingerprint density at radius 1 is 1.23 bits per heavy atom. The molecule has 1 aliphatic heterocycles. The molecule has 0 radical (unpaired) electrons. The van der Waals surface area contributed by atoms with Gasteiger partial charge in [0.25, 0.3) is 11.5 Å². The van der Waals surface area contributed by atoms with E-state index in [4.69, 9.17) is 9.15 Å². The van der Waals surface area contributed by atoms with Gasteiger partial charge in [0.2, 0.25) is 0 Å². The van der Waals surface area contributed by atoms with E-state index in [-0.39, 0.29) is 36.2 Å². The monoisotopic (exact) mass is 407 g/mol. The zero-order valence-electron chi connectivity index (χ0n) is 17.0. The zero-order valence-corrected chi connectivity index (χ0v) is 17.0. The third-order valence-corrected chi connectivity index (χ3v) is 5.30. The highest BCUT2D eigenvalue weighted by atomic mass is 16.5. The number of aryl methyl sites for hydroxylation is 1. The first-order chi connectivity index (χ1) is 14.6. The molecule has 1 saturated heterocycles. The van der Waals surface area contributed by atoms with Crippen LogP contribution < -0.4 is 5.56 Å². The number of hydrogen-bond acceptors (Lipinski definition) is 5. The minimum absolute atomic E-state index is 0.0149. The Labute approximate surface area is 174 Å². The fourth-order valence-corrected chi connectivity index (χ4v) is 3.71. The smallest absolute Gasteiger partial charge is 0.263 e. The maximum Gasteiger partial charge on any atom is 0.263 e. The molecule has 1 amide bonds. The molecule has 30 heavy (non-hydrogen) atoms. The summed E-state index contributed by atoms with van der Waals surface area (Å²) < 4.78 is 12.7. The van der Waals surface area contributed by atoms with Crippen molar-refractivity contribution in [1.29, 1.82) is 0 Å². The summed E-state index contributed by atoms with van der Waals surface area (Å²) in [7, 11) is 0. The van der Waals surface area contributed by atoms with Gasteiger partial charge in [-0.1, -0.05) is 6.07 Å². The molecule has 1 unspecified atom stereocenters. The Morgan fingerprint density at radius 2 is 2.13 bits per heavy atom. The Balaban J connectivity index is 1.65. The maximum absolute atomic E-state index is 13.5. The molecule has 156 valence electrons. The van der Waals surface area contributed by atoms with Crippen molar-refractivity contribution in [3.8, 4) is 0 Å². The van der Waals surface area contributed by atoms with Gasteiger partial charge in [-0.2, -0.15) is 0 Å². The lowest BCUT2D eigenvalue weighted by Crippen LogP contribution is -2.38. The number of carbonyl (C=O) groups is 1. The van der Waals surface area contributed by atoms with E-state index in [0.717, 1.165) is 25.1 Å². The number of hydrogen-bond donors (Lipinski definition) is 0. The van der Waals surface area contributed by atoms with Crippen LogP contribution in [-0.2, 0) is 24.4 Å². The summed E-state index contributed by atoms with van der Waals surface area (Å²) >= 11 is 0. The third-order valence-electron chi connectivity index (χ3n) is 5.30.